The third kappa shape index (κ3) is 5.36. The lowest BCUT2D eigenvalue weighted by atomic mass is 9.68. The molecule has 0 bridgehead atoms. The second kappa shape index (κ2) is 12.0. The number of methoxy groups -OCH3 is 2. The minimum atomic E-state index is -0.127. The normalized spacial score (nSPS) is 15.1. The number of likely N-dealkylation sites (tertiary alicyclic amines) is 1. The summed E-state index contributed by atoms with van der Waals surface area (Å²) < 4.78 is 17.6. The third-order valence-corrected chi connectivity index (χ3v) is 8.06. The summed E-state index contributed by atoms with van der Waals surface area (Å²) in [5.74, 6) is 3.19. The molecule has 0 aliphatic carbocycles. The van der Waals surface area contributed by atoms with Crippen LogP contribution in [0.2, 0.25) is 0 Å². The Kier molecular flexibility index (Phi) is 8.26. The zero-order valence-electron chi connectivity index (χ0n) is 23.9. The van der Waals surface area contributed by atoms with Gasteiger partial charge in [-0.1, -0.05) is 48.5 Å². The van der Waals surface area contributed by atoms with Crippen LogP contribution in [0, 0.1) is 0 Å². The molecule has 0 unspecified atom stereocenters. The molecule has 1 aliphatic rings. The van der Waals surface area contributed by atoms with E-state index in [1.54, 1.807) is 21.3 Å². The van der Waals surface area contributed by atoms with Gasteiger partial charge in [-0.15, -0.1) is 0 Å². The largest absolute Gasteiger partial charge is 0.494 e. The fourth-order valence-corrected chi connectivity index (χ4v) is 6.03. The van der Waals surface area contributed by atoms with Crippen LogP contribution in [0.5, 0.6) is 17.2 Å². The van der Waals surface area contributed by atoms with Crippen LogP contribution in [0.3, 0.4) is 0 Å². The van der Waals surface area contributed by atoms with E-state index in [0.717, 1.165) is 61.1 Å². The number of anilines is 2. The maximum Gasteiger partial charge on any atom is 0.224 e. The monoisotopic (exact) mass is 541 g/mol. The minimum absolute atomic E-state index is 0.127. The number of nitrogens with one attached hydrogen (secondary N) is 1. The number of nitrogen functional groups attached to an aromatic ring is 1. The minimum Gasteiger partial charge on any atom is -0.494 e. The fraction of sp³-hybridized carbons (Fsp3) is 0.375. The van der Waals surface area contributed by atoms with E-state index >= 15 is 0 Å². The van der Waals surface area contributed by atoms with Gasteiger partial charge in [0.05, 0.1) is 26.3 Å². The molecule has 0 saturated carbocycles. The van der Waals surface area contributed by atoms with E-state index in [0.29, 0.717) is 29.9 Å². The van der Waals surface area contributed by atoms with Gasteiger partial charge >= 0.3 is 0 Å². The highest BCUT2D eigenvalue weighted by Crippen LogP contribution is 2.46. The predicted octanol–water partition coefficient (Wildman–Crippen LogP) is 5.45. The molecule has 40 heavy (non-hydrogen) atoms. The Morgan fingerprint density at radius 2 is 1.68 bits per heavy atom. The highest BCUT2D eigenvalue weighted by molar-refractivity contribution is 5.95. The number of para-hydroxylation sites is 1. The summed E-state index contributed by atoms with van der Waals surface area (Å²) in [6.45, 7) is 5.46. The number of ether oxygens (including phenoxy) is 3. The van der Waals surface area contributed by atoms with Crippen molar-refractivity contribution in [1.29, 1.82) is 0 Å². The Bertz CT molecular complexity index is 1450. The van der Waals surface area contributed by atoms with Crippen LogP contribution < -0.4 is 25.3 Å². The maximum atomic E-state index is 6.57. The first-order valence-electron chi connectivity index (χ1n) is 13.9. The average Bonchev–Trinajstić information content (AvgIpc) is 2.99. The lowest BCUT2D eigenvalue weighted by Crippen LogP contribution is -2.43. The van der Waals surface area contributed by atoms with Gasteiger partial charge < -0.3 is 25.3 Å². The predicted molar refractivity (Wildman–Crippen MR) is 161 cm³/mol. The van der Waals surface area contributed by atoms with Crippen LogP contribution in [0.25, 0.3) is 10.9 Å². The lowest BCUT2D eigenvalue weighted by Gasteiger charge is -2.43. The molecule has 1 saturated heterocycles. The van der Waals surface area contributed by atoms with Crippen LogP contribution in [-0.4, -0.2) is 55.8 Å². The summed E-state index contributed by atoms with van der Waals surface area (Å²) in [4.78, 5) is 11.8. The second-order valence-electron chi connectivity index (χ2n) is 10.3. The molecule has 0 atom stereocenters. The summed E-state index contributed by atoms with van der Waals surface area (Å²) in [5, 5.41) is 3.83. The van der Waals surface area contributed by atoms with Crippen LogP contribution in [0.1, 0.15) is 36.5 Å². The van der Waals surface area contributed by atoms with Crippen molar-refractivity contribution in [1.82, 2.24) is 14.9 Å². The van der Waals surface area contributed by atoms with E-state index in [1.807, 2.05) is 19.1 Å². The zero-order valence-corrected chi connectivity index (χ0v) is 23.9. The Hall–Kier alpha value is -4.04. The molecule has 1 fully saturated rings. The topological polar surface area (TPSA) is 94.8 Å². The van der Waals surface area contributed by atoms with Gasteiger partial charge in [-0.05, 0) is 50.9 Å². The van der Waals surface area contributed by atoms with Gasteiger partial charge in [0.1, 0.15) is 11.6 Å². The van der Waals surface area contributed by atoms with E-state index in [-0.39, 0.29) is 5.41 Å². The smallest absolute Gasteiger partial charge is 0.224 e. The van der Waals surface area contributed by atoms with E-state index < -0.39 is 0 Å². The molecule has 0 amide bonds. The van der Waals surface area contributed by atoms with Crippen molar-refractivity contribution in [2.45, 2.75) is 38.1 Å². The third-order valence-electron chi connectivity index (χ3n) is 8.06. The Morgan fingerprint density at radius 3 is 2.35 bits per heavy atom. The van der Waals surface area contributed by atoms with Crippen molar-refractivity contribution < 1.29 is 14.2 Å². The van der Waals surface area contributed by atoms with Crippen LogP contribution in [-0.2, 0) is 18.4 Å². The standard InChI is InChI=1S/C32H39N5O3/c1-5-40-26-14-10-9-11-22(26)21-37-17-15-32(16-18-37,23-12-7-6-8-13-23)20-24-28-25(19-27(38-3)29(24)39-4)35-31(34-2)36-30(28)33/h6-14,19H,5,15-18,20-21H2,1-4H3,(H3,33,34,35,36). The maximum absolute atomic E-state index is 6.57. The Balaban J connectivity index is 1.54. The van der Waals surface area contributed by atoms with Crippen molar-refractivity contribution >= 4 is 22.7 Å². The van der Waals surface area contributed by atoms with Gasteiger partial charge in [-0.2, -0.15) is 4.98 Å². The number of piperidine rings is 1. The molecule has 5 rings (SSSR count). The molecule has 8 nitrogen and oxygen atoms in total. The molecule has 1 aromatic heterocycles. The number of hydrogen-bond donors (Lipinski definition) is 2. The molecule has 210 valence electrons. The number of benzene rings is 3. The summed E-state index contributed by atoms with van der Waals surface area (Å²) >= 11 is 0. The highest BCUT2D eigenvalue weighted by atomic mass is 16.5. The summed E-state index contributed by atoms with van der Waals surface area (Å²) in [6, 6.07) is 21.0. The van der Waals surface area contributed by atoms with Crippen molar-refractivity contribution in [3.63, 3.8) is 0 Å². The number of fused-ring (bicyclic) bond motifs is 1. The molecule has 3 aromatic carbocycles. The SMILES string of the molecule is CCOc1ccccc1CN1CCC(Cc2c(OC)c(OC)cc3nc(NC)nc(N)c23)(c2ccccc2)CC1. The van der Waals surface area contributed by atoms with Gasteiger partial charge in [0.2, 0.25) is 5.95 Å². The van der Waals surface area contributed by atoms with Crippen molar-refractivity contribution in [2.75, 3.05) is 52.0 Å². The first kappa shape index (κ1) is 27.5. The van der Waals surface area contributed by atoms with Crippen LogP contribution in [0.15, 0.2) is 60.7 Å². The first-order valence-corrected chi connectivity index (χ1v) is 13.9. The molecule has 4 aromatic rings. The van der Waals surface area contributed by atoms with E-state index in [1.165, 1.54) is 11.1 Å². The molecule has 0 spiro atoms. The number of hydrogen-bond acceptors (Lipinski definition) is 8. The summed E-state index contributed by atoms with van der Waals surface area (Å²) in [7, 11) is 5.12. The molecular formula is C32H39N5O3. The number of nitrogens with zero attached hydrogens (tertiary/aromatic N) is 3. The van der Waals surface area contributed by atoms with Gasteiger partial charge in [-0.3, -0.25) is 4.90 Å². The highest BCUT2D eigenvalue weighted by Gasteiger charge is 2.38. The van der Waals surface area contributed by atoms with Crippen LogP contribution >= 0.6 is 0 Å². The molecule has 2 heterocycles. The van der Waals surface area contributed by atoms with E-state index in [2.05, 4.69) is 63.7 Å². The van der Waals surface area contributed by atoms with Gasteiger partial charge in [-0.25, -0.2) is 4.98 Å². The fourth-order valence-electron chi connectivity index (χ4n) is 6.03. The lowest BCUT2D eigenvalue weighted by molar-refractivity contribution is 0.149. The van der Waals surface area contributed by atoms with E-state index in [4.69, 9.17) is 24.9 Å². The molecule has 0 radical (unpaired) electrons. The number of aromatic nitrogens is 2. The van der Waals surface area contributed by atoms with Gasteiger partial charge in [0.25, 0.3) is 0 Å². The Labute approximate surface area is 236 Å². The van der Waals surface area contributed by atoms with Crippen molar-refractivity contribution in [3.05, 3.63) is 77.4 Å². The molecule has 1 aliphatic heterocycles. The average molecular weight is 542 g/mol. The van der Waals surface area contributed by atoms with Crippen molar-refractivity contribution in [2.24, 2.45) is 0 Å². The number of rotatable bonds is 10. The molecule has 8 heteroatoms. The first-order chi connectivity index (χ1) is 19.5. The van der Waals surface area contributed by atoms with Crippen molar-refractivity contribution in [3.8, 4) is 17.2 Å². The second-order valence-corrected chi connectivity index (χ2v) is 10.3. The van der Waals surface area contributed by atoms with Gasteiger partial charge in [0.15, 0.2) is 11.5 Å². The quantitative estimate of drug-likeness (QED) is 0.274. The summed E-state index contributed by atoms with van der Waals surface area (Å²) in [5.41, 5.74) is 10.7. The van der Waals surface area contributed by atoms with Gasteiger partial charge in [0, 0.05) is 41.6 Å². The zero-order chi connectivity index (χ0) is 28.1. The Morgan fingerprint density at radius 1 is 0.950 bits per heavy atom. The van der Waals surface area contributed by atoms with Crippen LogP contribution in [0.4, 0.5) is 11.8 Å². The van der Waals surface area contributed by atoms with E-state index in [9.17, 15) is 0 Å². The summed E-state index contributed by atoms with van der Waals surface area (Å²) in [6.07, 6.45) is 2.68. The molecule has 3 N–H and O–H groups in total. The molecular weight excluding hydrogens is 502 g/mol. The number of nitrogens with two attached hydrogens (primary N) is 1.